The maximum atomic E-state index is 6.39. The van der Waals surface area contributed by atoms with Crippen LogP contribution in [-0.4, -0.2) is 23.3 Å². The number of rotatable bonds is 4. The van der Waals surface area contributed by atoms with Gasteiger partial charge in [-0.05, 0) is 24.0 Å². The van der Waals surface area contributed by atoms with Gasteiger partial charge in [0.1, 0.15) is 12.3 Å². The molecule has 1 aliphatic heterocycles. The van der Waals surface area contributed by atoms with E-state index in [9.17, 15) is 0 Å². The topological polar surface area (TPSA) is 12.5 Å². The quantitative estimate of drug-likeness (QED) is 0.797. The molecule has 0 spiro atoms. The van der Waals surface area contributed by atoms with Crippen molar-refractivity contribution in [2.45, 2.75) is 43.9 Å². The summed E-state index contributed by atoms with van der Waals surface area (Å²) in [4.78, 5) is 2.52. The first-order valence-corrected chi connectivity index (χ1v) is 9.02. The molecular weight excluding hydrogens is 294 g/mol. The molecule has 0 aromatic heterocycles. The van der Waals surface area contributed by atoms with Gasteiger partial charge in [-0.15, -0.1) is 0 Å². The average Bonchev–Trinajstić information content (AvgIpc) is 3.01. The molecular formula is C22H25NO. The first-order chi connectivity index (χ1) is 11.9. The van der Waals surface area contributed by atoms with Crippen molar-refractivity contribution in [3.63, 3.8) is 0 Å². The Morgan fingerprint density at radius 1 is 1.00 bits per heavy atom. The molecule has 0 bridgehead atoms. The van der Waals surface area contributed by atoms with E-state index in [4.69, 9.17) is 4.74 Å². The first-order valence-electron chi connectivity index (χ1n) is 9.02. The molecule has 1 saturated heterocycles. The van der Waals surface area contributed by atoms with Crippen LogP contribution >= 0.6 is 0 Å². The van der Waals surface area contributed by atoms with E-state index < -0.39 is 0 Å². The second-order valence-corrected chi connectivity index (χ2v) is 6.97. The van der Waals surface area contributed by atoms with Crippen LogP contribution in [0.2, 0.25) is 0 Å². The molecule has 2 nitrogen and oxygen atoms in total. The number of fused-ring (bicyclic) bond motifs is 1. The zero-order valence-electron chi connectivity index (χ0n) is 14.1. The highest BCUT2D eigenvalue weighted by molar-refractivity contribution is 5.51. The molecule has 0 radical (unpaired) electrons. The lowest BCUT2D eigenvalue weighted by Crippen LogP contribution is -2.46. The van der Waals surface area contributed by atoms with Crippen LogP contribution in [0, 0.1) is 0 Å². The Hall–Kier alpha value is -1.90. The third kappa shape index (κ3) is 3.17. The number of benzene rings is 2. The Morgan fingerprint density at radius 2 is 1.75 bits per heavy atom. The smallest absolute Gasteiger partial charge is 0.104 e. The summed E-state index contributed by atoms with van der Waals surface area (Å²) in [6, 6.07) is 21.8. The van der Waals surface area contributed by atoms with Crippen molar-refractivity contribution in [1.29, 1.82) is 0 Å². The molecule has 1 heterocycles. The third-order valence-electron chi connectivity index (χ3n) is 5.38. The number of ether oxygens (including phenoxy) is 1. The summed E-state index contributed by atoms with van der Waals surface area (Å²) in [5.41, 5.74) is 2.51. The van der Waals surface area contributed by atoms with E-state index in [2.05, 4.69) is 77.7 Å². The predicted octanol–water partition coefficient (Wildman–Crippen LogP) is 4.87. The van der Waals surface area contributed by atoms with Crippen LogP contribution in [0.5, 0.6) is 0 Å². The van der Waals surface area contributed by atoms with E-state index in [1.165, 1.54) is 30.4 Å². The van der Waals surface area contributed by atoms with Crippen molar-refractivity contribution in [3.8, 4) is 0 Å². The summed E-state index contributed by atoms with van der Waals surface area (Å²) in [5.74, 6) is 0. The van der Waals surface area contributed by atoms with Gasteiger partial charge in [-0.25, -0.2) is 0 Å². The van der Waals surface area contributed by atoms with Crippen LogP contribution in [0.4, 0.5) is 0 Å². The Balaban J connectivity index is 1.54. The van der Waals surface area contributed by atoms with Crippen LogP contribution in [-0.2, 0) is 11.3 Å². The van der Waals surface area contributed by atoms with E-state index in [1.807, 2.05) is 0 Å². The number of hydrogen-bond donors (Lipinski definition) is 0. The highest BCUT2D eigenvalue weighted by atomic mass is 16.5. The third-order valence-corrected chi connectivity index (χ3v) is 5.38. The second-order valence-electron chi connectivity index (χ2n) is 6.97. The molecule has 1 saturated carbocycles. The van der Waals surface area contributed by atoms with Crippen molar-refractivity contribution < 1.29 is 4.74 Å². The Morgan fingerprint density at radius 3 is 2.54 bits per heavy atom. The molecule has 124 valence electrons. The molecule has 2 heteroatoms. The summed E-state index contributed by atoms with van der Waals surface area (Å²) in [7, 11) is 0. The molecule has 24 heavy (non-hydrogen) atoms. The molecule has 0 amide bonds. The van der Waals surface area contributed by atoms with E-state index in [0.29, 0.717) is 6.04 Å². The van der Waals surface area contributed by atoms with Crippen molar-refractivity contribution in [2.75, 3.05) is 6.73 Å². The minimum atomic E-state index is -0.108. The normalized spacial score (nSPS) is 27.4. The standard InChI is InChI=1S/C22H25NO/c1-3-9-19(10-4-1)14-16-22-15-8-7-13-21(22)23(18-24-22)17-20-11-5-2-6-12-20/h1-6,9-12,14,16,21H,7-8,13,15,17-18H2/b16-14+/t21-,22-/m0/s1. The molecule has 2 fully saturated rings. The van der Waals surface area contributed by atoms with E-state index in [0.717, 1.165) is 19.7 Å². The molecule has 2 aromatic rings. The SMILES string of the molecule is C(=C\[C@@]12CCCC[C@@H]1N(Cc1ccccc1)CO2)/c1ccccc1. The molecule has 2 aromatic carbocycles. The van der Waals surface area contributed by atoms with E-state index >= 15 is 0 Å². The van der Waals surface area contributed by atoms with Crippen LogP contribution in [0.15, 0.2) is 66.7 Å². The van der Waals surface area contributed by atoms with Gasteiger partial charge in [0.2, 0.25) is 0 Å². The maximum Gasteiger partial charge on any atom is 0.104 e. The van der Waals surface area contributed by atoms with Gasteiger partial charge in [0.15, 0.2) is 0 Å². The van der Waals surface area contributed by atoms with Gasteiger partial charge >= 0.3 is 0 Å². The van der Waals surface area contributed by atoms with Gasteiger partial charge in [-0.1, -0.05) is 85.7 Å². The number of nitrogens with zero attached hydrogens (tertiary/aromatic N) is 1. The predicted molar refractivity (Wildman–Crippen MR) is 98.4 cm³/mol. The van der Waals surface area contributed by atoms with Gasteiger partial charge in [-0.2, -0.15) is 0 Å². The zero-order chi connectivity index (χ0) is 16.2. The molecule has 2 atom stereocenters. The van der Waals surface area contributed by atoms with E-state index in [1.54, 1.807) is 0 Å². The monoisotopic (exact) mass is 319 g/mol. The molecule has 4 rings (SSSR count). The summed E-state index contributed by atoms with van der Waals surface area (Å²) in [6.07, 6.45) is 9.49. The maximum absolute atomic E-state index is 6.39. The average molecular weight is 319 g/mol. The molecule has 2 aliphatic rings. The Kier molecular flexibility index (Phi) is 4.50. The van der Waals surface area contributed by atoms with E-state index in [-0.39, 0.29) is 5.60 Å². The van der Waals surface area contributed by atoms with Crippen LogP contribution in [0.3, 0.4) is 0 Å². The van der Waals surface area contributed by atoms with Crippen molar-refractivity contribution >= 4 is 6.08 Å². The summed E-state index contributed by atoms with van der Waals surface area (Å²) < 4.78 is 6.39. The van der Waals surface area contributed by atoms with Gasteiger partial charge in [0.05, 0.1) is 0 Å². The Bertz CT molecular complexity index is 682. The lowest BCUT2D eigenvalue weighted by atomic mass is 9.79. The molecule has 0 N–H and O–H groups in total. The lowest BCUT2D eigenvalue weighted by molar-refractivity contribution is 0.0151. The largest absolute Gasteiger partial charge is 0.354 e. The van der Waals surface area contributed by atoms with Crippen molar-refractivity contribution in [3.05, 3.63) is 77.9 Å². The van der Waals surface area contributed by atoms with Crippen molar-refractivity contribution in [2.24, 2.45) is 0 Å². The van der Waals surface area contributed by atoms with Crippen LogP contribution < -0.4 is 0 Å². The first kappa shape index (κ1) is 15.6. The van der Waals surface area contributed by atoms with Gasteiger partial charge < -0.3 is 4.74 Å². The van der Waals surface area contributed by atoms with Gasteiger partial charge in [-0.3, -0.25) is 4.90 Å². The fourth-order valence-electron chi connectivity index (χ4n) is 4.12. The highest BCUT2D eigenvalue weighted by Gasteiger charge is 2.47. The molecule has 1 aliphatic carbocycles. The minimum Gasteiger partial charge on any atom is -0.354 e. The fraction of sp³-hybridized carbons (Fsp3) is 0.364. The fourth-order valence-corrected chi connectivity index (χ4v) is 4.12. The van der Waals surface area contributed by atoms with Crippen LogP contribution in [0.25, 0.3) is 6.08 Å². The van der Waals surface area contributed by atoms with Crippen molar-refractivity contribution in [1.82, 2.24) is 4.90 Å². The second kappa shape index (κ2) is 6.92. The lowest BCUT2D eigenvalue weighted by Gasteiger charge is -2.38. The van der Waals surface area contributed by atoms with Gasteiger partial charge in [0.25, 0.3) is 0 Å². The van der Waals surface area contributed by atoms with Gasteiger partial charge in [0, 0.05) is 12.6 Å². The summed E-state index contributed by atoms with van der Waals surface area (Å²) in [6.45, 7) is 1.71. The highest BCUT2D eigenvalue weighted by Crippen LogP contribution is 2.41. The minimum absolute atomic E-state index is 0.108. The zero-order valence-corrected chi connectivity index (χ0v) is 14.1. The molecule has 0 unspecified atom stereocenters. The Labute approximate surface area is 144 Å². The summed E-state index contributed by atoms with van der Waals surface area (Å²) >= 11 is 0. The van der Waals surface area contributed by atoms with Crippen LogP contribution in [0.1, 0.15) is 36.8 Å². The number of hydrogen-bond acceptors (Lipinski definition) is 2. The summed E-state index contributed by atoms with van der Waals surface area (Å²) in [5, 5.41) is 0.